The van der Waals surface area contributed by atoms with Gasteiger partial charge < -0.3 is 15.5 Å². The van der Waals surface area contributed by atoms with Gasteiger partial charge in [0, 0.05) is 24.0 Å². The first-order valence-electron chi connectivity index (χ1n) is 10.2. The van der Waals surface area contributed by atoms with E-state index in [0.29, 0.717) is 18.7 Å². The molecule has 0 spiro atoms. The highest BCUT2D eigenvalue weighted by molar-refractivity contribution is 6.00. The molecular weight excluding hydrogens is 388 g/mol. The summed E-state index contributed by atoms with van der Waals surface area (Å²) in [5, 5.41) is 13.7. The van der Waals surface area contributed by atoms with E-state index in [9.17, 15) is 13.6 Å². The van der Waals surface area contributed by atoms with E-state index in [1.807, 2.05) is 36.4 Å². The van der Waals surface area contributed by atoms with Crippen LogP contribution in [0.25, 0.3) is 10.9 Å². The number of H-pyrrole nitrogens is 1. The van der Waals surface area contributed by atoms with E-state index in [-0.39, 0.29) is 25.0 Å². The predicted octanol–water partition coefficient (Wildman–Crippen LogP) is 4.61. The number of halogens is 2. The lowest BCUT2D eigenvalue weighted by Crippen LogP contribution is -2.43. The third kappa shape index (κ3) is 3.46. The number of benzene rings is 2. The van der Waals surface area contributed by atoms with Crippen molar-refractivity contribution < 1.29 is 13.6 Å². The zero-order chi connectivity index (χ0) is 20.7. The predicted molar refractivity (Wildman–Crippen MR) is 112 cm³/mol. The molecule has 2 aliphatic rings. The number of hydrogen-bond acceptors (Lipinski definition) is 3. The van der Waals surface area contributed by atoms with Gasteiger partial charge in [-0.05, 0) is 48.6 Å². The fourth-order valence-corrected chi connectivity index (χ4v) is 4.65. The number of nitrogens with zero attached hydrogens (tertiary/aromatic N) is 2. The minimum atomic E-state index is -2.65. The molecule has 1 aliphatic heterocycles. The van der Waals surface area contributed by atoms with Crippen LogP contribution in [0, 0.1) is 0 Å². The Morgan fingerprint density at radius 1 is 1.23 bits per heavy atom. The van der Waals surface area contributed by atoms with Crippen LogP contribution in [-0.2, 0) is 6.42 Å². The van der Waals surface area contributed by atoms with Crippen LogP contribution >= 0.6 is 0 Å². The number of fused-ring (bicyclic) bond motifs is 2. The van der Waals surface area contributed by atoms with Crippen molar-refractivity contribution in [3.05, 3.63) is 53.7 Å². The lowest BCUT2D eigenvalue weighted by molar-refractivity contribution is -0.0117. The van der Waals surface area contributed by atoms with Gasteiger partial charge in [0.1, 0.15) is 0 Å². The first kappa shape index (κ1) is 18.8. The van der Waals surface area contributed by atoms with E-state index in [2.05, 4.69) is 20.8 Å². The van der Waals surface area contributed by atoms with Crippen LogP contribution in [0.5, 0.6) is 0 Å². The quantitative estimate of drug-likeness (QED) is 0.589. The minimum Gasteiger partial charge on any atom is -0.365 e. The van der Waals surface area contributed by atoms with Crippen molar-refractivity contribution in [3.63, 3.8) is 0 Å². The summed E-state index contributed by atoms with van der Waals surface area (Å²) in [6.45, 7) is 0.399. The average molecular weight is 411 g/mol. The van der Waals surface area contributed by atoms with Gasteiger partial charge in [0.25, 0.3) is 5.92 Å². The zero-order valence-corrected chi connectivity index (χ0v) is 16.4. The molecule has 1 aromatic heterocycles. The lowest BCUT2D eigenvalue weighted by atomic mass is 10.0. The summed E-state index contributed by atoms with van der Waals surface area (Å²) in [6.07, 6.45) is 3.62. The van der Waals surface area contributed by atoms with Crippen LogP contribution in [-0.4, -0.2) is 35.2 Å². The first-order valence-corrected chi connectivity index (χ1v) is 10.2. The standard InChI is InChI=1S/C22H23F2N5O/c23-22(24)10-3-11-29(13-22)20-7-1-4-14-15(20)8-9-18(14)27-21(30)26-17-5-2-6-19-16(17)12-25-28-19/h1-2,4-7,12,18H,3,8-11,13H2,(H,25,28)(H2,26,27,30). The van der Waals surface area contributed by atoms with Gasteiger partial charge in [0.2, 0.25) is 0 Å². The molecule has 2 heterocycles. The normalized spacial score (nSPS) is 20.2. The van der Waals surface area contributed by atoms with Crippen molar-refractivity contribution >= 4 is 28.3 Å². The van der Waals surface area contributed by atoms with Crippen LogP contribution in [0.4, 0.5) is 25.0 Å². The van der Waals surface area contributed by atoms with Crippen molar-refractivity contribution in [3.8, 4) is 0 Å². The largest absolute Gasteiger partial charge is 0.365 e. The molecule has 1 aliphatic carbocycles. The van der Waals surface area contributed by atoms with Gasteiger partial charge in [-0.2, -0.15) is 5.10 Å². The molecule has 2 amide bonds. The Labute approximate surface area is 172 Å². The second-order valence-corrected chi connectivity index (χ2v) is 8.05. The maximum Gasteiger partial charge on any atom is 0.319 e. The molecule has 1 unspecified atom stereocenters. The van der Waals surface area contributed by atoms with Crippen molar-refractivity contribution in [2.45, 2.75) is 37.6 Å². The Kier molecular flexibility index (Phi) is 4.56. The molecule has 3 N–H and O–H groups in total. The molecule has 30 heavy (non-hydrogen) atoms. The van der Waals surface area contributed by atoms with Crippen LogP contribution in [0.3, 0.4) is 0 Å². The molecule has 0 saturated carbocycles. The van der Waals surface area contributed by atoms with Crippen molar-refractivity contribution in [1.82, 2.24) is 15.5 Å². The molecule has 2 aromatic carbocycles. The van der Waals surface area contributed by atoms with Gasteiger partial charge in [0.15, 0.2) is 0 Å². The van der Waals surface area contributed by atoms with Gasteiger partial charge in [0.05, 0.1) is 30.0 Å². The van der Waals surface area contributed by atoms with Gasteiger partial charge in [-0.25, -0.2) is 13.6 Å². The van der Waals surface area contributed by atoms with E-state index in [0.717, 1.165) is 40.6 Å². The molecule has 5 rings (SSSR count). The maximum atomic E-state index is 13.9. The Bertz CT molecular complexity index is 1100. The minimum absolute atomic E-state index is 0.0493. The van der Waals surface area contributed by atoms with E-state index < -0.39 is 5.92 Å². The Morgan fingerprint density at radius 3 is 2.97 bits per heavy atom. The number of anilines is 2. The summed E-state index contributed by atoms with van der Waals surface area (Å²) in [4.78, 5) is 14.4. The molecule has 1 atom stereocenters. The average Bonchev–Trinajstić information content (AvgIpc) is 3.35. The number of alkyl halides is 2. The summed E-state index contributed by atoms with van der Waals surface area (Å²) in [7, 11) is 0. The monoisotopic (exact) mass is 411 g/mol. The molecule has 1 saturated heterocycles. The van der Waals surface area contributed by atoms with Gasteiger partial charge >= 0.3 is 6.03 Å². The number of aromatic amines is 1. The Balaban J connectivity index is 1.33. The number of rotatable bonds is 3. The van der Waals surface area contributed by atoms with E-state index >= 15 is 0 Å². The summed E-state index contributed by atoms with van der Waals surface area (Å²) >= 11 is 0. The second-order valence-electron chi connectivity index (χ2n) is 8.05. The highest BCUT2D eigenvalue weighted by Gasteiger charge is 2.37. The molecule has 156 valence electrons. The SMILES string of the molecule is O=C(Nc1cccc2[nH]ncc12)NC1CCc2c1cccc2N1CCCC(F)(F)C1. The topological polar surface area (TPSA) is 73.0 Å². The number of amides is 2. The van der Waals surface area contributed by atoms with Gasteiger partial charge in [-0.15, -0.1) is 0 Å². The maximum absolute atomic E-state index is 13.9. The smallest absolute Gasteiger partial charge is 0.319 e. The molecule has 0 radical (unpaired) electrons. The number of hydrogen-bond donors (Lipinski definition) is 3. The van der Waals surface area contributed by atoms with Crippen molar-refractivity contribution in [2.75, 3.05) is 23.3 Å². The molecule has 1 fully saturated rings. The fraction of sp³-hybridized carbons (Fsp3) is 0.364. The van der Waals surface area contributed by atoms with Crippen molar-refractivity contribution in [1.29, 1.82) is 0 Å². The summed E-state index contributed by atoms with van der Waals surface area (Å²) < 4.78 is 27.8. The lowest BCUT2D eigenvalue weighted by Gasteiger charge is -2.35. The summed E-state index contributed by atoms with van der Waals surface area (Å²) in [5.74, 6) is -2.65. The van der Waals surface area contributed by atoms with Crippen LogP contribution in [0.1, 0.15) is 36.4 Å². The molecule has 6 nitrogen and oxygen atoms in total. The first-order chi connectivity index (χ1) is 14.5. The fourth-order valence-electron chi connectivity index (χ4n) is 4.65. The second kappa shape index (κ2) is 7.27. The van der Waals surface area contributed by atoms with Crippen molar-refractivity contribution in [2.24, 2.45) is 0 Å². The molecule has 3 aromatic rings. The van der Waals surface area contributed by atoms with Crippen LogP contribution in [0.15, 0.2) is 42.6 Å². The summed E-state index contributed by atoms with van der Waals surface area (Å²) in [5.41, 5.74) is 4.48. The van der Waals surface area contributed by atoms with Gasteiger partial charge in [-0.1, -0.05) is 18.2 Å². The number of piperidine rings is 1. The van der Waals surface area contributed by atoms with Crippen LogP contribution < -0.4 is 15.5 Å². The Morgan fingerprint density at radius 2 is 2.10 bits per heavy atom. The number of carbonyl (C=O) groups is 1. The van der Waals surface area contributed by atoms with Gasteiger partial charge in [-0.3, -0.25) is 5.10 Å². The van der Waals surface area contributed by atoms with E-state index in [1.165, 1.54) is 0 Å². The number of carbonyl (C=O) groups excluding carboxylic acids is 1. The highest BCUT2D eigenvalue weighted by Crippen LogP contribution is 2.39. The molecular formula is C22H23F2N5O. The highest BCUT2D eigenvalue weighted by atomic mass is 19.3. The molecule has 8 heteroatoms. The van der Waals surface area contributed by atoms with E-state index in [1.54, 1.807) is 11.1 Å². The third-order valence-electron chi connectivity index (χ3n) is 6.02. The third-order valence-corrected chi connectivity index (χ3v) is 6.02. The summed E-state index contributed by atoms with van der Waals surface area (Å²) in [6, 6.07) is 10.9. The number of aromatic nitrogens is 2. The van der Waals surface area contributed by atoms with Crippen LogP contribution in [0.2, 0.25) is 0 Å². The Hall–Kier alpha value is -3.16. The zero-order valence-electron chi connectivity index (χ0n) is 16.4. The number of nitrogens with one attached hydrogen (secondary N) is 3. The molecule has 0 bridgehead atoms. The number of urea groups is 1. The van der Waals surface area contributed by atoms with E-state index in [4.69, 9.17) is 0 Å².